The van der Waals surface area contributed by atoms with Gasteiger partial charge in [-0.3, -0.25) is 4.79 Å². The first kappa shape index (κ1) is 20.5. The first-order valence-electron chi connectivity index (χ1n) is 9.21. The van der Waals surface area contributed by atoms with Gasteiger partial charge in [-0.05, 0) is 49.3 Å². The van der Waals surface area contributed by atoms with E-state index in [-0.39, 0.29) is 35.2 Å². The van der Waals surface area contributed by atoms with Crippen molar-refractivity contribution in [2.45, 2.75) is 30.2 Å². The molecule has 1 aromatic rings. The molecular weight excluding hydrogens is 390 g/mol. The number of nitrogens with zero attached hydrogens (tertiary/aromatic N) is 1. The monoisotopic (exact) mass is 415 g/mol. The van der Waals surface area contributed by atoms with Crippen LogP contribution in [0.1, 0.15) is 19.3 Å². The molecule has 1 aliphatic heterocycles. The smallest absolute Gasteiger partial charge is 0.243 e. The van der Waals surface area contributed by atoms with Gasteiger partial charge in [-0.1, -0.05) is 6.07 Å². The van der Waals surface area contributed by atoms with Gasteiger partial charge in [0, 0.05) is 24.8 Å². The minimum absolute atomic E-state index is 0. The Balaban J connectivity index is 0.00000210. The molecule has 2 saturated carbocycles. The summed E-state index contributed by atoms with van der Waals surface area (Å²) in [6.45, 7) is 1.49. The highest BCUT2D eigenvalue weighted by atomic mass is 35.5. The molecule has 2 aliphatic carbocycles. The van der Waals surface area contributed by atoms with E-state index in [1.54, 1.807) is 18.2 Å². The van der Waals surface area contributed by atoms with Gasteiger partial charge in [-0.25, -0.2) is 8.42 Å². The highest BCUT2D eigenvalue weighted by molar-refractivity contribution is 7.89. The van der Waals surface area contributed by atoms with E-state index in [1.165, 1.54) is 10.4 Å². The van der Waals surface area contributed by atoms with Crippen LogP contribution in [0.25, 0.3) is 0 Å². The molecule has 1 amide bonds. The second-order valence-electron chi connectivity index (χ2n) is 7.47. The Bertz CT molecular complexity index is 796. The molecule has 3 aliphatic rings. The SMILES string of the molecule is Cl.NC1C2CCC(C2)C1C(=O)Nc1cccc(S(=O)(=O)N2CCOCC2)c1. The number of carbonyl (C=O) groups excluding carboxylic acids is 1. The second-order valence-corrected chi connectivity index (χ2v) is 9.41. The fraction of sp³-hybridized carbons (Fsp3) is 0.611. The topological polar surface area (TPSA) is 102 Å². The summed E-state index contributed by atoms with van der Waals surface area (Å²) in [6.07, 6.45) is 3.20. The highest BCUT2D eigenvalue weighted by Crippen LogP contribution is 2.47. The van der Waals surface area contributed by atoms with Crippen LogP contribution in [0.3, 0.4) is 0 Å². The minimum atomic E-state index is -3.58. The number of hydrogen-bond acceptors (Lipinski definition) is 5. The van der Waals surface area contributed by atoms with Crippen LogP contribution >= 0.6 is 12.4 Å². The van der Waals surface area contributed by atoms with E-state index in [2.05, 4.69) is 5.32 Å². The number of halogens is 1. The van der Waals surface area contributed by atoms with Gasteiger partial charge in [-0.15, -0.1) is 12.4 Å². The fourth-order valence-corrected chi connectivity index (χ4v) is 6.08. The molecule has 1 heterocycles. The standard InChI is InChI=1S/C18H25N3O4S.ClH/c19-17-13-5-4-12(10-13)16(17)18(22)20-14-2-1-3-15(11-14)26(23,24)21-6-8-25-9-7-21;/h1-3,11-13,16-17H,4-10,19H2,(H,20,22);1H. The lowest BCUT2D eigenvalue weighted by molar-refractivity contribution is -0.121. The van der Waals surface area contributed by atoms with E-state index >= 15 is 0 Å². The van der Waals surface area contributed by atoms with Gasteiger partial charge in [0.2, 0.25) is 15.9 Å². The van der Waals surface area contributed by atoms with Gasteiger partial charge < -0.3 is 15.8 Å². The second kappa shape index (κ2) is 8.05. The van der Waals surface area contributed by atoms with Crippen molar-refractivity contribution in [3.8, 4) is 0 Å². The van der Waals surface area contributed by atoms with Crippen LogP contribution in [0.5, 0.6) is 0 Å². The summed E-state index contributed by atoms with van der Waals surface area (Å²) >= 11 is 0. The average Bonchev–Trinajstić information content (AvgIpc) is 3.24. The molecule has 0 aromatic heterocycles. The third-order valence-electron chi connectivity index (χ3n) is 5.99. The summed E-state index contributed by atoms with van der Waals surface area (Å²) < 4.78 is 32.2. The quantitative estimate of drug-likeness (QED) is 0.774. The Hall–Kier alpha value is -1.19. The summed E-state index contributed by atoms with van der Waals surface area (Å²) in [6, 6.07) is 6.37. The van der Waals surface area contributed by atoms with Gasteiger partial charge in [0.1, 0.15) is 0 Å². The maximum Gasteiger partial charge on any atom is 0.243 e. The third kappa shape index (κ3) is 3.86. The maximum atomic E-state index is 12.8. The first-order chi connectivity index (χ1) is 12.5. The van der Waals surface area contributed by atoms with Crippen molar-refractivity contribution in [2.24, 2.45) is 23.5 Å². The highest BCUT2D eigenvalue weighted by Gasteiger charge is 2.49. The van der Waals surface area contributed by atoms with Gasteiger partial charge in [0.05, 0.1) is 24.0 Å². The Kier molecular flexibility index (Phi) is 6.12. The average molecular weight is 416 g/mol. The van der Waals surface area contributed by atoms with Crippen LogP contribution in [0.15, 0.2) is 29.2 Å². The van der Waals surface area contributed by atoms with E-state index in [4.69, 9.17) is 10.5 Å². The number of carbonyl (C=O) groups is 1. The molecule has 7 nitrogen and oxygen atoms in total. The zero-order valence-corrected chi connectivity index (χ0v) is 16.7. The molecule has 4 rings (SSSR count). The zero-order chi connectivity index (χ0) is 18.3. The zero-order valence-electron chi connectivity index (χ0n) is 15.0. The number of sulfonamides is 1. The molecule has 150 valence electrons. The summed E-state index contributed by atoms with van der Waals surface area (Å²) in [5.41, 5.74) is 6.74. The number of benzene rings is 1. The van der Waals surface area contributed by atoms with Gasteiger partial charge in [-0.2, -0.15) is 4.31 Å². The molecule has 4 atom stereocenters. The Morgan fingerprint density at radius 1 is 1.19 bits per heavy atom. The molecule has 3 fully saturated rings. The fourth-order valence-electron chi connectivity index (χ4n) is 4.62. The van der Waals surface area contributed by atoms with Crippen molar-refractivity contribution in [1.82, 2.24) is 4.31 Å². The van der Waals surface area contributed by atoms with E-state index in [9.17, 15) is 13.2 Å². The van der Waals surface area contributed by atoms with E-state index in [0.29, 0.717) is 43.8 Å². The molecule has 0 spiro atoms. The molecule has 4 unspecified atom stereocenters. The number of amides is 1. The molecule has 27 heavy (non-hydrogen) atoms. The first-order valence-corrected chi connectivity index (χ1v) is 10.7. The van der Waals surface area contributed by atoms with Crippen molar-refractivity contribution in [3.63, 3.8) is 0 Å². The van der Waals surface area contributed by atoms with Crippen molar-refractivity contribution >= 4 is 34.0 Å². The lowest BCUT2D eigenvalue weighted by Crippen LogP contribution is -2.42. The van der Waals surface area contributed by atoms with Crippen LogP contribution in [-0.2, 0) is 19.6 Å². The summed E-state index contributed by atoms with van der Waals surface area (Å²) in [5, 5.41) is 2.89. The molecule has 1 saturated heterocycles. The predicted octanol–water partition coefficient (Wildman–Crippen LogP) is 1.44. The van der Waals surface area contributed by atoms with Crippen molar-refractivity contribution in [2.75, 3.05) is 31.6 Å². The van der Waals surface area contributed by atoms with Crippen molar-refractivity contribution in [3.05, 3.63) is 24.3 Å². The van der Waals surface area contributed by atoms with Gasteiger partial charge in [0.25, 0.3) is 0 Å². The lowest BCUT2D eigenvalue weighted by atomic mass is 9.84. The number of fused-ring (bicyclic) bond motifs is 2. The summed E-state index contributed by atoms with van der Waals surface area (Å²) in [7, 11) is -3.58. The van der Waals surface area contributed by atoms with Crippen LogP contribution in [-0.4, -0.2) is 51.0 Å². The maximum absolute atomic E-state index is 12.8. The lowest BCUT2D eigenvalue weighted by Gasteiger charge is -2.27. The number of nitrogens with two attached hydrogens (primary N) is 1. The normalized spacial score (nSPS) is 30.7. The molecule has 9 heteroatoms. The Morgan fingerprint density at radius 2 is 1.89 bits per heavy atom. The van der Waals surface area contributed by atoms with Crippen molar-refractivity contribution < 1.29 is 17.9 Å². The number of ether oxygens (including phenoxy) is 1. The van der Waals surface area contributed by atoms with Crippen LogP contribution < -0.4 is 11.1 Å². The molecule has 1 aromatic carbocycles. The number of anilines is 1. The van der Waals surface area contributed by atoms with Crippen LogP contribution in [0, 0.1) is 17.8 Å². The summed E-state index contributed by atoms with van der Waals surface area (Å²) in [5.74, 6) is 0.540. The number of rotatable bonds is 4. The van der Waals surface area contributed by atoms with Crippen molar-refractivity contribution in [1.29, 1.82) is 0 Å². The van der Waals surface area contributed by atoms with E-state index < -0.39 is 10.0 Å². The molecule has 0 radical (unpaired) electrons. The predicted molar refractivity (Wildman–Crippen MR) is 104 cm³/mol. The number of morpholine rings is 1. The van der Waals surface area contributed by atoms with E-state index in [0.717, 1.165) is 19.3 Å². The molecule has 3 N–H and O–H groups in total. The summed E-state index contributed by atoms with van der Waals surface area (Å²) in [4.78, 5) is 12.9. The Labute approximate surface area is 166 Å². The van der Waals surface area contributed by atoms with Crippen LogP contribution in [0.4, 0.5) is 5.69 Å². The van der Waals surface area contributed by atoms with E-state index in [1.807, 2.05) is 0 Å². The Morgan fingerprint density at radius 3 is 2.56 bits per heavy atom. The minimum Gasteiger partial charge on any atom is -0.379 e. The largest absolute Gasteiger partial charge is 0.379 e. The number of nitrogens with one attached hydrogen (secondary N) is 1. The van der Waals surface area contributed by atoms with Gasteiger partial charge >= 0.3 is 0 Å². The van der Waals surface area contributed by atoms with Gasteiger partial charge in [0.15, 0.2) is 0 Å². The number of hydrogen-bond donors (Lipinski definition) is 2. The van der Waals surface area contributed by atoms with Crippen LogP contribution in [0.2, 0.25) is 0 Å². The molecular formula is C18H26ClN3O4S. The third-order valence-corrected chi connectivity index (χ3v) is 7.89. The molecule has 2 bridgehead atoms.